The summed E-state index contributed by atoms with van der Waals surface area (Å²) in [4.78, 5) is 25.7. The highest BCUT2D eigenvalue weighted by molar-refractivity contribution is 5.97. The molecule has 1 saturated heterocycles. The summed E-state index contributed by atoms with van der Waals surface area (Å²) in [6, 6.07) is 2.13. The summed E-state index contributed by atoms with van der Waals surface area (Å²) < 4.78 is 21.3. The van der Waals surface area contributed by atoms with Crippen LogP contribution in [0.15, 0.2) is 23.8 Å². The van der Waals surface area contributed by atoms with E-state index in [9.17, 15) is 14.7 Å². The molecule has 4 atom stereocenters. The van der Waals surface area contributed by atoms with Gasteiger partial charge >= 0.3 is 5.97 Å². The van der Waals surface area contributed by atoms with E-state index in [0.717, 1.165) is 30.7 Å². The number of rotatable bonds is 6. The van der Waals surface area contributed by atoms with Crippen LogP contribution in [0.3, 0.4) is 0 Å². The van der Waals surface area contributed by atoms with Crippen molar-refractivity contribution in [2.24, 2.45) is 17.3 Å². The first-order chi connectivity index (χ1) is 14.4. The molecular formula is C24H26FNO4. The Morgan fingerprint density at radius 2 is 2.07 bits per heavy atom. The van der Waals surface area contributed by atoms with Crippen LogP contribution in [0.1, 0.15) is 66.8 Å². The van der Waals surface area contributed by atoms with Crippen LogP contribution in [0.2, 0.25) is 0 Å². The molecule has 1 N–H and O–H groups in total. The van der Waals surface area contributed by atoms with Crippen molar-refractivity contribution < 1.29 is 23.8 Å². The molecule has 6 aliphatic rings. The molecule has 30 heavy (non-hydrogen) atoms. The van der Waals surface area contributed by atoms with Crippen LogP contribution in [-0.2, 0) is 4.79 Å². The molecule has 0 aromatic heterocycles. The number of ether oxygens (including phenoxy) is 1. The number of nitrogens with zero attached hydrogens (tertiary/aromatic N) is 1. The molecule has 0 spiro atoms. The quantitative estimate of drug-likeness (QED) is 0.715. The number of hydrogen-bond donors (Lipinski definition) is 1. The molecule has 158 valence electrons. The van der Waals surface area contributed by atoms with E-state index in [1.807, 2.05) is 0 Å². The van der Waals surface area contributed by atoms with Crippen LogP contribution < -0.4 is 4.74 Å². The van der Waals surface area contributed by atoms with Crippen molar-refractivity contribution in [1.29, 1.82) is 0 Å². The summed E-state index contributed by atoms with van der Waals surface area (Å²) >= 11 is 0. The molecule has 5 aliphatic carbocycles. The molecule has 6 heteroatoms. The number of allylic oxidation sites excluding steroid dienone is 1. The number of carboxylic acid groups (broad SMARTS) is 1. The van der Waals surface area contributed by atoms with E-state index in [0.29, 0.717) is 43.6 Å². The molecule has 4 unspecified atom stereocenters. The Labute approximate surface area is 174 Å². The maximum absolute atomic E-state index is 15.0. The summed E-state index contributed by atoms with van der Waals surface area (Å²) in [7, 11) is 0. The van der Waals surface area contributed by atoms with Gasteiger partial charge in [-0.15, -0.1) is 0 Å². The van der Waals surface area contributed by atoms with E-state index < -0.39 is 23.7 Å². The molecule has 5 nitrogen and oxygen atoms in total. The molecular weight excluding hydrogens is 385 g/mol. The third-order valence-electron chi connectivity index (χ3n) is 8.13. The van der Waals surface area contributed by atoms with E-state index in [2.05, 4.69) is 6.08 Å². The number of likely N-dealkylation sites (tertiary alicyclic amines) is 1. The van der Waals surface area contributed by atoms with Gasteiger partial charge in [-0.1, -0.05) is 11.6 Å². The highest BCUT2D eigenvalue weighted by Gasteiger charge is 2.58. The standard InChI is InChI=1S/C24H26FNO4/c25-19-9-21(30-12-24-10-14-6-16(24)7-15(14)11-24)17(13-3-4-13)8-18(19)22(27)26-5-1-2-20(26)23(28)29/h8-10,13,15-16,20H,1-7,11-12H2,(H,28,29). The maximum atomic E-state index is 15.0. The average molecular weight is 411 g/mol. The molecule has 1 aromatic rings. The Bertz CT molecular complexity index is 984. The van der Waals surface area contributed by atoms with E-state index >= 15 is 4.39 Å². The second kappa shape index (κ2) is 6.32. The first-order valence-corrected chi connectivity index (χ1v) is 11.2. The fourth-order valence-corrected chi connectivity index (χ4v) is 6.46. The lowest BCUT2D eigenvalue weighted by Gasteiger charge is -2.29. The van der Waals surface area contributed by atoms with Gasteiger partial charge in [-0.2, -0.15) is 0 Å². The Morgan fingerprint density at radius 3 is 2.67 bits per heavy atom. The van der Waals surface area contributed by atoms with Gasteiger partial charge in [0.2, 0.25) is 0 Å². The minimum absolute atomic E-state index is 0.0262. The number of benzene rings is 1. The van der Waals surface area contributed by atoms with E-state index in [1.54, 1.807) is 11.6 Å². The lowest BCUT2D eigenvalue weighted by atomic mass is 9.81. The van der Waals surface area contributed by atoms with E-state index in [-0.39, 0.29) is 11.0 Å². The fourth-order valence-electron chi connectivity index (χ4n) is 6.46. The average Bonchev–Trinajstić information content (AvgIpc) is 3.09. The third kappa shape index (κ3) is 2.65. The van der Waals surface area contributed by atoms with Crippen LogP contribution in [0.4, 0.5) is 4.39 Å². The van der Waals surface area contributed by atoms with Gasteiger partial charge in [0.25, 0.3) is 5.91 Å². The summed E-state index contributed by atoms with van der Waals surface area (Å²) in [6.45, 7) is 0.934. The Morgan fingerprint density at radius 1 is 1.23 bits per heavy atom. The van der Waals surface area contributed by atoms with Crippen LogP contribution in [0.5, 0.6) is 5.75 Å². The summed E-state index contributed by atoms with van der Waals surface area (Å²) in [5.41, 5.74) is 2.59. The highest BCUT2D eigenvalue weighted by atomic mass is 19.1. The van der Waals surface area contributed by atoms with Gasteiger partial charge in [-0.05, 0) is 74.3 Å². The van der Waals surface area contributed by atoms with Gasteiger partial charge in [0.15, 0.2) is 0 Å². The molecule has 4 fully saturated rings. The lowest BCUT2D eigenvalue weighted by molar-refractivity contribution is -0.141. The fraction of sp³-hybridized carbons (Fsp3) is 0.583. The van der Waals surface area contributed by atoms with Gasteiger partial charge < -0.3 is 14.7 Å². The second-order valence-corrected chi connectivity index (χ2v) is 9.92. The Balaban J connectivity index is 1.27. The largest absolute Gasteiger partial charge is 0.492 e. The molecule has 1 heterocycles. The number of carbonyl (C=O) groups excluding carboxylic acids is 1. The molecule has 7 rings (SSSR count). The number of halogens is 1. The number of aliphatic carboxylic acids is 1. The van der Waals surface area contributed by atoms with Gasteiger partial charge in [0.1, 0.15) is 17.6 Å². The predicted molar refractivity (Wildman–Crippen MR) is 107 cm³/mol. The number of hydrogen-bond acceptors (Lipinski definition) is 3. The van der Waals surface area contributed by atoms with E-state index in [4.69, 9.17) is 4.74 Å². The summed E-state index contributed by atoms with van der Waals surface area (Å²) in [5, 5.41) is 9.38. The van der Waals surface area contributed by atoms with Crippen LogP contribution >= 0.6 is 0 Å². The van der Waals surface area contributed by atoms with Crippen molar-refractivity contribution in [3.05, 3.63) is 40.7 Å². The monoisotopic (exact) mass is 411 g/mol. The highest BCUT2D eigenvalue weighted by Crippen LogP contribution is 2.66. The van der Waals surface area contributed by atoms with E-state index in [1.165, 1.54) is 23.8 Å². The molecule has 0 radical (unpaired) electrons. The number of carboxylic acids is 1. The van der Waals surface area contributed by atoms with Gasteiger partial charge in [-0.25, -0.2) is 9.18 Å². The minimum atomic E-state index is -1.03. The molecule has 4 bridgehead atoms. The first-order valence-electron chi connectivity index (χ1n) is 11.2. The zero-order valence-corrected chi connectivity index (χ0v) is 16.9. The van der Waals surface area contributed by atoms with Crippen LogP contribution in [0, 0.1) is 23.1 Å². The second-order valence-electron chi connectivity index (χ2n) is 9.92. The minimum Gasteiger partial charge on any atom is -0.492 e. The molecule has 1 amide bonds. The summed E-state index contributed by atoms with van der Waals surface area (Å²) in [5.74, 6) is 0.0997. The number of amides is 1. The van der Waals surface area contributed by atoms with Crippen molar-refractivity contribution in [2.75, 3.05) is 13.2 Å². The lowest BCUT2D eigenvalue weighted by Crippen LogP contribution is -2.40. The molecule has 1 aliphatic heterocycles. The van der Waals surface area contributed by atoms with Crippen molar-refractivity contribution >= 4 is 11.9 Å². The van der Waals surface area contributed by atoms with Gasteiger partial charge in [0.05, 0.1) is 12.2 Å². The zero-order valence-electron chi connectivity index (χ0n) is 16.9. The van der Waals surface area contributed by atoms with Crippen LogP contribution in [0.25, 0.3) is 0 Å². The molecule has 3 saturated carbocycles. The third-order valence-corrected chi connectivity index (χ3v) is 8.13. The normalized spacial score (nSPS) is 33.4. The first kappa shape index (κ1) is 18.4. The Kier molecular flexibility index (Phi) is 3.87. The van der Waals surface area contributed by atoms with Gasteiger partial charge in [-0.3, -0.25) is 4.79 Å². The zero-order chi connectivity index (χ0) is 20.6. The van der Waals surface area contributed by atoms with Crippen molar-refractivity contribution in [3.8, 4) is 5.75 Å². The van der Waals surface area contributed by atoms with Gasteiger partial charge in [0, 0.05) is 18.0 Å². The molecule has 1 aromatic carbocycles. The van der Waals surface area contributed by atoms with Crippen molar-refractivity contribution in [1.82, 2.24) is 4.90 Å². The maximum Gasteiger partial charge on any atom is 0.326 e. The SMILES string of the molecule is O=C(O)C1CCCN1C(=O)c1cc(C2CC2)c(OCC23C=C4CC2CC4C3)cc1F. The van der Waals surface area contributed by atoms with Crippen molar-refractivity contribution in [3.63, 3.8) is 0 Å². The number of carbonyl (C=O) groups is 2. The Hall–Kier alpha value is -2.37. The van der Waals surface area contributed by atoms with Crippen LogP contribution in [-0.4, -0.2) is 41.1 Å². The summed E-state index contributed by atoms with van der Waals surface area (Å²) in [6.07, 6.45) is 9.11. The smallest absolute Gasteiger partial charge is 0.326 e. The predicted octanol–water partition coefficient (Wildman–Crippen LogP) is 4.13. The topological polar surface area (TPSA) is 66.8 Å². The van der Waals surface area contributed by atoms with Crippen molar-refractivity contribution in [2.45, 2.75) is 56.9 Å².